The lowest BCUT2D eigenvalue weighted by Crippen LogP contribution is -1.99. The Morgan fingerprint density at radius 1 is 1.06 bits per heavy atom. The van der Waals surface area contributed by atoms with E-state index in [-0.39, 0.29) is 6.61 Å². The number of ether oxygens (including phenoxy) is 1. The molecule has 0 bridgehead atoms. The van der Waals surface area contributed by atoms with E-state index in [4.69, 9.17) is 33.7 Å². The summed E-state index contributed by atoms with van der Waals surface area (Å²) >= 11 is 11.6. The highest BCUT2D eigenvalue weighted by atomic mass is 35.5. The highest BCUT2D eigenvalue weighted by Crippen LogP contribution is 2.27. The number of nitrogen functional groups attached to an aromatic ring is 1. The average Bonchev–Trinajstić information content (AvgIpc) is 2.32. The highest BCUT2D eigenvalue weighted by Gasteiger charge is 2.05. The van der Waals surface area contributed by atoms with Crippen molar-refractivity contribution in [2.45, 2.75) is 6.61 Å². The molecule has 0 unspecified atom stereocenters. The zero-order valence-electron chi connectivity index (χ0n) is 9.29. The van der Waals surface area contributed by atoms with Gasteiger partial charge in [-0.2, -0.15) is 0 Å². The van der Waals surface area contributed by atoms with Crippen LogP contribution in [0.2, 0.25) is 10.0 Å². The Balaban J connectivity index is 2.09. The van der Waals surface area contributed by atoms with E-state index in [2.05, 4.69) is 0 Å². The second kappa shape index (κ2) is 5.46. The van der Waals surface area contributed by atoms with Crippen molar-refractivity contribution in [1.29, 1.82) is 0 Å². The Kier molecular flexibility index (Phi) is 3.94. The van der Waals surface area contributed by atoms with Crippen molar-refractivity contribution in [1.82, 2.24) is 0 Å². The van der Waals surface area contributed by atoms with E-state index in [0.29, 0.717) is 27.0 Å². The van der Waals surface area contributed by atoms with E-state index in [0.717, 1.165) is 0 Å². The van der Waals surface area contributed by atoms with Crippen molar-refractivity contribution in [3.05, 3.63) is 57.8 Å². The number of rotatable bonds is 3. The number of anilines is 1. The van der Waals surface area contributed by atoms with E-state index in [1.54, 1.807) is 30.3 Å². The molecular formula is C13H10Cl2FNO. The Hall–Kier alpha value is -1.45. The van der Waals surface area contributed by atoms with Gasteiger partial charge in [-0.05, 0) is 24.3 Å². The first-order valence-corrected chi connectivity index (χ1v) is 5.93. The van der Waals surface area contributed by atoms with Gasteiger partial charge in [-0.15, -0.1) is 0 Å². The van der Waals surface area contributed by atoms with Crippen LogP contribution in [0.5, 0.6) is 5.75 Å². The van der Waals surface area contributed by atoms with E-state index in [1.807, 2.05) is 0 Å². The van der Waals surface area contributed by atoms with E-state index in [9.17, 15) is 4.39 Å². The third-order valence-electron chi connectivity index (χ3n) is 2.36. The largest absolute Gasteiger partial charge is 0.489 e. The number of hydrogen-bond acceptors (Lipinski definition) is 2. The van der Waals surface area contributed by atoms with Crippen LogP contribution >= 0.6 is 23.2 Å². The zero-order chi connectivity index (χ0) is 13.1. The molecule has 2 nitrogen and oxygen atoms in total. The fraction of sp³-hybridized carbons (Fsp3) is 0.0769. The fourth-order valence-corrected chi connectivity index (χ4v) is 1.70. The van der Waals surface area contributed by atoms with Crippen LogP contribution in [-0.4, -0.2) is 0 Å². The highest BCUT2D eigenvalue weighted by molar-refractivity contribution is 6.42. The molecule has 0 radical (unpaired) electrons. The van der Waals surface area contributed by atoms with Crippen LogP contribution in [0.25, 0.3) is 0 Å². The van der Waals surface area contributed by atoms with Crippen molar-refractivity contribution in [2.75, 3.05) is 5.73 Å². The second-order valence-corrected chi connectivity index (χ2v) is 4.53. The summed E-state index contributed by atoms with van der Waals surface area (Å²) in [7, 11) is 0. The zero-order valence-corrected chi connectivity index (χ0v) is 10.8. The van der Waals surface area contributed by atoms with Crippen LogP contribution in [0.3, 0.4) is 0 Å². The predicted molar refractivity (Wildman–Crippen MR) is 71.6 cm³/mol. The second-order valence-electron chi connectivity index (χ2n) is 3.72. The Bertz CT molecular complexity index is 575. The molecule has 0 fully saturated rings. The molecule has 0 amide bonds. The Morgan fingerprint density at radius 2 is 1.83 bits per heavy atom. The summed E-state index contributed by atoms with van der Waals surface area (Å²) in [5, 5.41) is 0.842. The molecule has 0 spiro atoms. The lowest BCUT2D eigenvalue weighted by molar-refractivity contribution is 0.300. The van der Waals surface area contributed by atoms with Crippen LogP contribution < -0.4 is 10.5 Å². The van der Waals surface area contributed by atoms with Gasteiger partial charge in [0, 0.05) is 17.3 Å². The predicted octanol–water partition coefficient (Wildman–Crippen LogP) is 4.29. The molecular weight excluding hydrogens is 276 g/mol. The first-order chi connectivity index (χ1) is 8.56. The molecule has 18 heavy (non-hydrogen) atoms. The molecule has 0 atom stereocenters. The van der Waals surface area contributed by atoms with Crippen LogP contribution in [0.4, 0.5) is 10.1 Å². The molecule has 0 aliphatic rings. The first kappa shape index (κ1) is 13.0. The topological polar surface area (TPSA) is 35.2 Å². The maximum Gasteiger partial charge on any atom is 0.131 e. The van der Waals surface area contributed by atoms with Gasteiger partial charge in [0.2, 0.25) is 0 Å². The molecule has 0 aromatic heterocycles. The van der Waals surface area contributed by atoms with E-state index >= 15 is 0 Å². The van der Waals surface area contributed by atoms with Crippen LogP contribution in [0, 0.1) is 5.82 Å². The Morgan fingerprint density at radius 3 is 2.50 bits per heavy atom. The van der Waals surface area contributed by atoms with Crippen molar-refractivity contribution in [3.8, 4) is 5.75 Å². The van der Waals surface area contributed by atoms with Crippen molar-refractivity contribution < 1.29 is 9.13 Å². The van der Waals surface area contributed by atoms with Gasteiger partial charge in [-0.1, -0.05) is 29.3 Å². The van der Waals surface area contributed by atoms with E-state index < -0.39 is 5.82 Å². The molecule has 94 valence electrons. The quantitative estimate of drug-likeness (QED) is 0.854. The molecule has 2 rings (SSSR count). The summed E-state index contributed by atoms with van der Waals surface area (Å²) in [5.41, 5.74) is 6.26. The SMILES string of the molecule is Nc1ccc(COc2ccc(Cl)c(Cl)c2)c(F)c1. The van der Waals surface area contributed by atoms with Crippen molar-refractivity contribution >= 4 is 28.9 Å². The van der Waals surface area contributed by atoms with Gasteiger partial charge in [0.05, 0.1) is 10.0 Å². The third kappa shape index (κ3) is 3.06. The van der Waals surface area contributed by atoms with Gasteiger partial charge in [0.1, 0.15) is 18.2 Å². The minimum Gasteiger partial charge on any atom is -0.489 e. The molecule has 0 saturated heterocycles. The van der Waals surface area contributed by atoms with Gasteiger partial charge in [-0.25, -0.2) is 4.39 Å². The molecule has 0 heterocycles. The number of halogens is 3. The van der Waals surface area contributed by atoms with Gasteiger partial charge in [-0.3, -0.25) is 0 Å². The summed E-state index contributed by atoms with van der Waals surface area (Å²) in [5.74, 6) is 0.135. The van der Waals surface area contributed by atoms with Crippen LogP contribution in [0.1, 0.15) is 5.56 Å². The van der Waals surface area contributed by atoms with Crippen LogP contribution in [-0.2, 0) is 6.61 Å². The van der Waals surface area contributed by atoms with Crippen LogP contribution in [0.15, 0.2) is 36.4 Å². The molecule has 0 saturated carbocycles. The monoisotopic (exact) mass is 285 g/mol. The lowest BCUT2D eigenvalue weighted by atomic mass is 10.2. The lowest BCUT2D eigenvalue weighted by Gasteiger charge is -2.08. The standard InChI is InChI=1S/C13H10Cl2FNO/c14-11-4-3-10(6-12(11)15)18-7-8-1-2-9(17)5-13(8)16/h1-6H,7,17H2. The summed E-state index contributed by atoms with van der Waals surface area (Å²) in [6.45, 7) is 0.101. The number of hydrogen-bond donors (Lipinski definition) is 1. The normalized spacial score (nSPS) is 10.4. The average molecular weight is 286 g/mol. The summed E-state index contributed by atoms with van der Waals surface area (Å²) in [4.78, 5) is 0. The molecule has 0 aliphatic heterocycles. The summed E-state index contributed by atoms with van der Waals surface area (Å²) < 4.78 is 18.9. The molecule has 2 aromatic rings. The van der Waals surface area contributed by atoms with Gasteiger partial charge < -0.3 is 10.5 Å². The van der Waals surface area contributed by atoms with E-state index in [1.165, 1.54) is 6.07 Å². The summed E-state index contributed by atoms with van der Waals surface area (Å²) in [6.07, 6.45) is 0. The van der Waals surface area contributed by atoms with Gasteiger partial charge in [0.25, 0.3) is 0 Å². The minimum absolute atomic E-state index is 0.101. The maximum absolute atomic E-state index is 13.5. The fourth-order valence-electron chi connectivity index (χ4n) is 1.41. The van der Waals surface area contributed by atoms with Gasteiger partial charge >= 0.3 is 0 Å². The number of nitrogens with two attached hydrogens (primary N) is 1. The molecule has 2 N–H and O–H groups in total. The molecule has 0 aliphatic carbocycles. The number of benzene rings is 2. The van der Waals surface area contributed by atoms with Gasteiger partial charge in [0.15, 0.2) is 0 Å². The van der Waals surface area contributed by atoms with Crippen molar-refractivity contribution in [3.63, 3.8) is 0 Å². The Labute approximate surface area is 114 Å². The summed E-state index contributed by atoms with van der Waals surface area (Å²) in [6, 6.07) is 9.34. The molecule has 2 aromatic carbocycles. The van der Waals surface area contributed by atoms with Crippen molar-refractivity contribution in [2.24, 2.45) is 0 Å². The third-order valence-corrected chi connectivity index (χ3v) is 3.10. The maximum atomic E-state index is 13.5. The smallest absolute Gasteiger partial charge is 0.131 e. The minimum atomic E-state index is -0.393. The first-order valence-electron chi connectivity index (χ1n) is 5.18. The molecule has 5 heteroatoms.